The number of esters is 1. The second kappa shape index (κ2) is 14.3. The first-order valence-electron chi connectivity index (χ1n) is 20.8. The number of hydrogen-bond donors (Lipinski definition) is 1. The van der Waals surface area contributed by atoms with E-state index in [9.17, 15) is 24.3 Å². The van der Waals surface area contributed by atoms with Gasteiger partial charge in [-0.15, -0.1) is 0 Å². The highest BCUT2D eigenvalue weighted by atomic mass is 16.5. The number of aliphatic carboxylic acids is 1. The first-order chi connectivity index (χ1) is 25.3. The summed E-state index contributed by atoms with van der Waals surface area (Å²) in [4.78, 5) is 52.6. The number of Topliss-reactive ketones (excluding diaryl/α,β-unsaturated/α-hetero) is 1. The molecule has 8 heteroatoms. The summed E-state index contributed by atoms with van der Waals surface area (Å²) < 4.78 is 9.86. The molecule has 1 aromatic carbocycles. The number of carbonyl (C=O) groups excluding carboxylic acids is 2. The summed E-state index contributed by atoms with van der Waals surface area (Å²) >= 11 is 0. The summed E-state index contributed by atoms with van der Waals surface area (Å²) in [6.45, 7) is 20.0. The van der Waals surface area contributed by atoms with Crippen molar-refractivity contribution in [3.05, 3.63) is 69.2 Å². The van der Waals surface area contributed by atoms with Gasteiger partial charge in [-0.3, -0.25) is 23.9 Å². The zero-order chi connectivity index (χ0) is 39.6. The third-order valence-corrected chi connectivity index (χ3v) is 16.0. The van der Waals surface area contributed by atoms with Crippen molar-refractivity contribution >= 4 is 17.7 Å². The van der Waals surface area contributed by atoms with Gasteiger partial charge in [-0.05, 0) is 128 Å². The molecule has 1 aromatic heterocycles. The van der Waals surface area contributed by atoms with Crippen molar-refractivity contribution in [1.29, 1.82) is 0 Å². The van der Waals surface area contributed by atoms with Crippen LogP contribution in [0, 0.1) is 45.3 Å². The van der Waals surface area contributed by atoms with Crippen LogP contribution >= 0.6 is 0 Å². The summed E-state index contributed by atoms with van der Waals surface area (Å²) in [5.74, 6) is 0.165. The van der Waals surface area contributed by atoms with Crippen LogP contribution in [0.3, 0.4) is 0 Å². The van der Waals surface area contributed by atoms with E-state index >= 15 is 0 Å². The molecule has 3 saturated carbocycles. The van der Waals surface area contributed by atoms with Crippen LogP contribution in [0.25, 0.3) is 0 Å². The lowest BCUT2D eigenvalue weighted by molar-refractivity contribution is -0.184. The summed E-state index contributed by atoms with van der Waals surface area (Å²) in [5, 5.41) is 9.56. The maximum Gasteiger partial charge on any atom is 0.309 e. The number of nitrogens with zero attached hydrogens (tertiary/aromatic N) is 2. The Morgan fingerprint density at radius 2 is 1.69 bits per heavy atom. The number of fused-ring (bicyclic) bond motifs is 5. The number of ketones is 1. The van der Waals surface area contributed by atoms with Crippen molar-refractivity contribution in [3.63, 3.8) is 0 Å². The number of aromatic nitrogens is 2. The molecule has 1 heterocycles. The van der Waals surface area contributed by atoms with E-state index in [0.717, 1.165) is 68.2 Å². The molecule has 0 spiro atoms. The van der Waals surface area contributed by atoms with E-state index in [1.807, 2.05) is 42.9 Å². The molecular formula is C46H66N2O6. The number of ether oxygens (including phenoxy) is 1. The molecule has 0 aliphatic heterocycles. The Morgan fingerprint density at radius 1 is 1.00 bits per heavy atom. The molecule has 296 valence electrons. The standard InChI is InChI=1S/C46H66N2O6/c1-11-32(54-38(51)27-42(5,6)41(52)53)20-21-43(7)30(4)19-22-45(9)35(43)18-17-33-40-39(29(2)3)34(49)26-46(40,24-23-44(33,45)8)36-25-37(50)48(47(36)10)28-31-15-13-12-14-16-31/h12-16,25,29-30,32-33,35H,11,17-24,26-28H2,1-10H3,(H,52,53)/t30?,32?,33?,35?,43?,44-,45?,46?/m1/s1. The summed E-state index contributed by atoms with van der Waals surface area (Å²) in [6, 6.07) is 12.0. The van der Waals surface area contributed by atoms with Gasteiger partial charge in [0.05, 0.1) is 24.1 Å². The first kappa shape index (κ1) is 40.2. The quantitative estimate of drug-likeness (QED) is 0.217. The number of carboxylic acids is 1. The van der Waals surface area contributed by atoms with E-state index < -0.39 is 22.8 Å². The Morgan fingerprint density at radius 3 is 2.31 bits per heavy atom. The van der Waals surface area contributed by atoms with E-state index in [0.29, 0.717) is 31.2 Å². The molecule has 7 unspecified atom stereocenters. The minimum Gasteiger partial charge on any atom is -0.481 e. The van der Waals surface area contributed by atoms with Crippen molar-refractivity contribution in [3.8, 4) is 0 Å². The molecule has 8 atom stereocenters. The van der Waals surface area contributed by atoms with E-state index in [2.05, 4.69) is 58.4 Å². The Bertz CT molecular complexity index is 1870. The fourth-order valence-electron chi connectivity index (χ4n) is 12.3. The van der Waals surface area contributed by atoms with Crippen LogP contribution < -0.4 is 5.56 Å². The van der Waals surface area contributed by atoms with Gasteiger partial charge in [0.15, 0.2) is 5.78 Å². The fourth-order valence-corrected chi connectivity index (χ4v) is 12.3. The van der Waals surface area contributed by atoms with Crippen LogP contribution in [-0.2, 0) is 38.1 Å². The Kier molecular flexibility index (Phi) is 10.6. The van der Waals surface area contributed by atoms with E-state index in [1.54, 1.807) is 13.8 Å². The van der Waals surface area contributed by atoms with Crippen molar-refractivity contribution < 1.29 is 24.2 Å². The van der Waals surface area contributed by atoms with Gasteiger partial charge in [0, 0.05) is 24.9 Å². The minimum absolute atomic E-state index is 0.0155. The van der Waals surface area contributed by atoms with Crippen LogP contribution in [0.4, 0.5) is 0 Å². The van der Waals surface area contributed by atoms with Crippen LogP contribution in [0.5, 0.6) is 0 Å². The molecule has 0 radical (unpaired) electrons. The average Bonchev–Trinajstić information content (AvgIpc) is 3.57. The number of hydrogen-bond acceptors (Lipinski definition) is 5. The normalized spacial score (nSPS) is 32.9. The highest BCUT2D eigenvalue weighted by Crippen LogP contribution is 2.74. The third-order valence-electron chi connectivity index (χ3n) is 16.0. The maximum absolute atomic E-state index is 14.3. The highest BCUT2D eigenvalue weighted by molar-refractivity contribution is 6.01. The topological polar surface area (TPSA) is 108 Å². The van der Waals surface area contributed by atoms with Gasteiger partial charge < -0.3 is 9.84 Å². The van der Waals surface area contributed by atoms with Crippen molar-refractivity contribution in [2.75, 3.05) is 0 Å². The zero-order valence-corrected chi connectivity index (χ0v) is 34.7. The number of allylic oxidation sites excluding steroid dienone is 2. The summed E-state index contributed by atoms with van der Waals surface area (Å²) in [7, 11) is 2.01. The van der Waals surface area contributed by atoms with E-state index in [4.69, 9.17) is 4.74 Å². The van der Waals surface area contributed by atoms with Crippen LogP contribution in [0.15, 0.2) is 52.3 Å². The minimum atomic E-state index is -1.16. The second-order valence-corrected chi connectivity index (χ2v) is 19.5. The monoisotopic (exact) mass is 742 g/mol. The molecule has 4 aliphatic rings. The molecule has 0 bridgehead atoms. The highest BCUT2D eigenvalue weighted by Gasteiger charge is 2.68. The predicted octanol–water partition coefficient (Wildman–Crippen LogP) is 9.27. The lowest BCUT2D eigenvalue weighted by Crippen LogP contribution is -2.62. The Hall–Kier alpha value is -3.42. The molecule has 3 fully saturated rings. The number of carboxylic acid groups (broad SMARTS) is 1. The van der Waals surface area contributed by atoms with Gasteiger partial charge >= 0.3 is 11.9 Å². The van der Waals surface area contributed by atoms with Gasteiger partial charge in [0.2, 0.25) is 0 Å². The predicted molar refractivity (Wildman–Crippen MR) is 212 cm³/mol. The molecule has 0 amide bonds. The van der Waals surface area contributed by atoms with Crippen molar-refractivity contribution in [2.24, 2.45) is 52.4 Å². The lowest BCUT2D eigenvalue weighted by atomic mass is 9.35. The van der Waals surface area contributed by atoms with Crippen molar-refractivity contribution in [1.82, 2.24) is 9.36 Å². The molecular weight excluding hydrogens is 677 g/mol. The average molecular weight is 743 g/mol. The Labute approximate surface area is 323 Å². The summed E-state index contributed by atoms with van der Waals surface area (Å²) in [6.07, 6.45) is 8.70. The number of rotatable bonds is 12. The van der Waals surface area contributed by atoms with Gasteiger partial charge in [0.25, 0.3) is 5.56 Å². The molecule has 2 aromatic rings. The second-order valence-electron chi connectivity index (χ2n) is 19.5. The van der Waals surface area contributed by atoms with Crippen LogP contribution in [0.2, 0.25) is 0 Å². The van der Waals surface area contributed by atoms with Crippen LogP contribution in [0.1, 0.15) is 144 Å². The lowest BCUT2D eigenvalue weighted by Gasteiger charge is -2.69. The SMILES string of the molecule is CCC(CCC1(C)C(C)CCC2(C)C1CCC1C3=C(C(C)C)C(=O)CC3(c3cc(=O)n(Cc4ccccc4)n3C)CC[C@]12C)OC(=O)CC(C)(C)C(=O)O. The molecule has 8 nitrogen and oxygen atoms in total. The van der Waals surface area contributed by atoms with Crippen LogP contribution in [-0.4, -0.2) is 38.3 Å². The zero-order valence-electron chi connectivity index (χ0n) is 34.7. The molecule has 1 N–H and O–H groups in total. The molecule has 0 saturated heterocycles. The smallest absolute Gasteiger partial charge is 0.309 e. The summed E-state index contributed by atoms with van der Waals surface area (Å²) in [5.41, 5.74) is 2.82. The molecule has 6 rings (SSSR count). The van der Waals surface area contributed by atoms with Crippen molar-refractivity contribution in [2.45, 2.75) is 151 Å². The number of carbonyl (C=O) groups is 3. The number of benzene rings is 1. The maximum atomic E-state index is 14.3. The van der Waals surface area contributed by atoms with Gasteiger partial charge in [-0.2, -0.15) is 0 Å². The fraction of sp³-hybridized carbons (Fsp3) is 0.696. The van der Waals surface area contributed by atoms with Gasteiger partial charge in [-0.1, -0.05) is 78.8 Å². The largest absolute Gasteiger partial charge is 0.481 e. The third kappa shape index (κ3) is 6.35. The van der Waals surface area contributed by atoms with Gasteiger partial charge in [-0.25, -0.2) is 4.68 Å². The van der Waals surface area contributed by atoms with E-state index in [1.165, 1.54) is 5.57 Å². The van der Waals surface area contributed by atoms with E-state index in [-0.39, 0.29) is 51.9 Å². The Balaban J connectivity index is 1.32. The molecule has 4 aliphatic carbocycles. The molecule has 54 heavy (non-hydrogen) atoms. The first-order valence-corrected chi connectivity index (χ1v) is 20.8. The van der Waals surface area contributed by atoms with Gasteiger partial charge in [0.1, 0.15) is 6.10 Å².